The first-order chi connectivity index (χ1) is 14.6. The van der Waals surface area contributed by atoms with Gasteiger partial charge in [0, 0.05) is 5.69 Å². The number of hydrogen-bond acceptors (Lipinski definition) is 5. The smallest absolute Gasteiger partial charge is 0.278 e. The summed E-state index contributed by atoms with van der Waals surface area (Å²) in [5.41, 5.74) is 2.24. The number of amides is 1. The molecule has 7 heteroatoms. The minimum Gasteiger partial charge on any atom is -0.493 e. The lowest BCUT2D eigenvalue weighted by molar-refractivity contribution is 0.102. The number of aromatic nitrogens is 3. The van der Waals surface area contributed by atoms with Gasteiger partial charge >= 0.3 is 0 Å². The number of carbonyl (C=O) groups is 1. The van der Waals surface area contributed by atoms with Crippen LogP contribution in [0.4, 0.5) is 5.69 Å². The van der Waals surface area contributed by atoms with Crippen LogP contribution in [0.25, 0.3) is 5.69 Å². The fraction of sp³-hybridized carbons (Fsp3) is 0.0870. The molecule has 0 bridgehead atoms. The Morgan fingerprint density at radius 3 is 2.23 bits per heavy atom. The van der Waals surface area contributed by atoms with Crippen LogP contribution in [0.5, 0.6) is 17.2 Å². The maximum absolute atomic E-state index is 12.7. The summed E-state index contributed by atoms with van der Waals surface area (Å²) in [7, 11) is 1.59. The molecule has 1 heterocycles. The molecular formula is C23H20N4O3. The summed E-state index contributed by atoms with van der Waals surface area (Å²) in [6, 6.07) is 23.9. The standard InChI is InChI=1S/C23H20N4O3/c1-16-22(26-27(25-16)18-8-4-3-5-9-18)23(28)24-17-12-14-19(15-13-17)30-21-11-7-6-10-20(21)29-2/h3-15H,1-2H3,(H,24,28). The molecule has 0 fully saturated rings. The van der Waals surface area contributed by atoms with Gasteiger partial charge in [0.25, 0.3) is 5.91 Å². The molecule has 3 aromatic carbocycles. The number of rotatable bonds is 6. The van der Waals surface area contributed by atoms with Crippen molar-refractivity contribution in [3.05, 3.63) is 90.3 Å². The predicted octanol–water partition coefficient (Wildman–Crippen LogP) is 4.63. The highest BCUT2D eigenvalue weighted by atomic mass is 16.5. The summed E-state index contributed by atoms with van der Waals surface area (Å²) in [4.78, 5) is 14.1. The van der Waals surface area contributed by atoms with Gasteiger partial charge in [0.15, 0.2) is 17.2 Å². The molecule has 0 radical (unpaired) electrons. The molecule has 0 saturated heterocycles. The van der Waals surface area contributed by atoms with Crippen molar-refractivity contribution in [3.63, 3.8) is 0 Å². The molecule has 0 aliphatic rings. The Hall–Kier alpha value is -4.13. The Kier molecular flexibility index (Phi) is 5.43. The van der Waals surface area contributed by atoms with Crippen molar-refractivity contribution in [2.75, 3.05) is 12.4 Å². The Bertz CT molecular complexity index is 1150. The largest absolute Gasteiger partial charge is 0.493 e. The number of hydrogen-bond donors (Lipinski definition) is 1. The molecule has 0 unspecified atom stereocenters. The van der Waals surface area contributed by atoms with Crippen LogP contribution in [0.3, 0.4) is 0 Å². The summed E-state index contributed by atoms with van der Waals surface area (Å²) in [6.07, 6.45) is 0. The van der Waals surface area contributed by atoms with Gasteiger partial charge in [0.2, 0.25) is 0 Å². The first-order valence-corrected chi connectivity index (χ1v) is 9.35. The van der Waals surface area contributed by atoms with Gasteiger partial charge in [0.05, 0.1) is 18.5 Å². The van der Waals surface area contributed by atoms with Gasteiger partial charge < -0.3 is 14.8 Å². The summed E-state index contributed by atoms with van der Waals surface area (Å²) in [6.45, 7) is 1.76. The van der Waals surface area contributed by atoms with Gasteiger partial charge in [-0.25, -0.2) is 0 Å². The quantitative estimate of drug-likeness (QED) is 0.511. The van der Waals surface area contributed by atoms with Gasteiger partial charge in [-0.05, 0) is 55.5 Å². The van der Waals surface area contributed by atoms with Gasteiger partial charge in [-0.2, -0.15) is 9.90 Å². The van der Waals surface area contributed by atoms with E-state index in [0.717, 1.165) is 5.69 Å². The van der Waals surface area contributed by atoms with Crippen molar-refractivity contribution in [3.8, 4) is 22.9 Å². The molecule has 0 aliphatic carbocycles. The number of nitrogens with zero attached hydrogens (tertiary/aromatic N) is 3. The summed E-state index contributed by atoms with van der Waals surface area (Å²) in [5, 5.41) is 11.5. The predicted molar refractivity (Wildman–Crippen MR) is 114 cm³/mol. The molecule has 0 aliphatic heterocycles. The minimum atomic E-state index is -0.326. The number of ether oxygens (including phenoxy) is 2. The van der Waals surface area contributed by atoms with Crippen molar-refractivity contribution in [2.45, 2.75) is 6.92 Å². The van der Waals surface area contributed by atoms with Crippen LogP contribution in [0, 0.1) is 6.92 Å². The number of anilines is 1. The summed E-state index contributed by atoms with van der Waals surface area (Å²) >= 11 is 0. The molecule has 0 saturated carbocycles. The molecule has 0 atom stereocenters. The van der Waals surface area contributed by atoms with Crippen LogP contribution in [-0.2, 0) is 0 Å². The van der Waals surface area contributed by atoms with E-state index in [9.17, 15) is 4.79 Å². The van der Waals surface area contributed by atoms with E-state index in [0.29, 0.717) is 28.6 Å². The third-order valence-corrected chi connectivity index (χ3v) is 4.39. The molecule has 1 amide bonds. The van der Waals surface area contributed by atoms with Gasteiger partial charge in [-0.3, -0.25) is 4.79 Å². The first kappa shape index (κ1) is 19.2. The first-order valence-electron chi connectivity index (χ1n) is 9.35. The Labute approximate surface area is 173 Å². The van der Waals surface area contributed by atoms with Crippen LogP contribution in [0.1, 0.15) is 16.2 Å². The fourth-order valence-corrected chi connectivity index (χ4v) is 2.89. The monoisotopic (exact) mass is 400 g/mol. The highest BCUT2D eigenvalue weighted by Gasteiger charge is 2.16. The van der Waals surface area contributed by atoms with E-state index in [1.807, 2.05) is 54.6 Å². The number of methoxy groups -OCH3 is 1. The van der Waals surface area contributed by atoms with E-state index in [2.05, 4.69) is 15.5 Å². The number of para-hydroxylation sites is 3. The van der Waals surface area contributed by atoms with E-state index in [1.165, 1.54) is 4.80 Å². The number of benzene rings is 3. The lowest BCUT2D eigenvalue weighted by atomic mass is 10.2. The molecule has 0 spiro atoms. The Balaban J connectivity index is 1.46. The van der Waals surface area contributed by atoms with E-state index in [4.69, 9.17) is 9.47 Å². The second kappa shape index (κ2) is 8.48. The zero-order valence-corrected chi connectivity index (χ0v) is 16.6. The average Bonchev–Trinajstić information content (AvgIpc) is 3.18. The SMILES string of the molecule is COc1ccccc1Oc1ccc(NC(=O)c2nn(-c3ccccc3)nc2C)cc1. The van der Waals surface area contributed by atoms with E-state index < -0.39 is 0 Å². The molecule has 1 N–H and O–H groups in total. The molecular weight excluding hydrogens is 380 g/mol. The van der Waals surface area contributed by atoms with Crippen LogP contribution in [0.2, 0.25) is 0 Å². The zero-order valence-electron chi connectivity index (χ0n) is 16.6. The second-order valence-corrected chi connectivity index (χ2v) is 6.49. The normalized spacial score (nSPS) is 10.5. The maximum atomic E-state index is 12.7. The number of nitrogens with one attached hydrogen (secondary N) is 1. The third kappa shape index (κ3) is 4.15. The lowest BCUT2D eigenvalue weighted by Gasteiger charge is -2.10. The van der Waals surface area contributed by atoms with E-state index in [-0.39, 0.29) is 11.6 Å². The minimum absolute atomic E-state index is 0.271. The van der Waals surface area contributed by atoms with Crippen molar-refractivity contribution in [1.29, 1.82) is 0 Å². The maximum Gasteiger partial charge on any atom is 0.278 e. The second-order valence-electron chi connectivity index (χ2n) is 6.49. The van der Waals surface area contributed by atoms with Crippen molar-refractivity contribution < 1.29 is 14.3 Å². The average molecular weight is 400 g/mol. The molecule has 7 nitrogen and oxygen atoms in total. The van der Waals surface area contributed by atoms with Crippen LogP contribution in [0.15, 0.2) is 78.9 Å². The number of aryl methyl sites for hydroxylation is 1. The number of carbonyl (C=O) groups excluding carboxylic acids is 1. The van der Waals surface area contributed by atoms with Crippen molar-refractivity contribution >= 4 is 11.6 Å². The molecule has 30 heavy (non-hydrogen) atoms. The van der Waals surface area contributed by atoms with Crippen LogP contribution < -0.4 is 14.8 Å². The van der Waals surface area contributed by atoms with Crippen LogP contribution in [-0.4, -0.2) is 28.0 Å². The highest BCUT2D eigenvalue weighted by molar-refractivity contribution is 6.03. The Morgan fingerprint density at radius 1 is 0.867 bits per heavy atom. The van der Waals surface area contributed by atoms with Crippen LogP contribution >= 0.6 is 0 Å². The molecule has 1 aromatic heterocycles. The van der Waals surface area contributed by atoms with Gasteiger partial charge in [0.1, 0.15) is 5.75 Å². The summed E-state index contributed by atoms with van der Waals surface area (Å²) < 4.78 is 11.1. The molecule has 4 rings (SSSR count). The van der Waals surface area contributed by atoms with E-state index >= 15 is 0 Å². The molecule has 150 valence electrons. The lowest BCUT2D eigenvalue weighted by Crippen LogP contribution is -2.14. The molecule has 4 aromatic rings. The fourth-order valence-electron chi connectivity index (χ4n) is 2.89. The third-order valence-electron chi connectivity index (χ3n) is 4.39. The van der Waals surface area contributed by atoms with Crippen molar-refractivity contribution in [2.24, 2.45) is 0 Å². The summed E-state index contributed by atoms with van der Waals surface area (Å²) in [5.74, 6) is 1.56. The van der Waals surface area contributed by atoms with E-state index in [1.54, 1.807) is 38.3 Å². The van der Waals surface area contributed by atoms with Crippen molar-refractivity contribution in [1.82, 2.24) is 15.0 Å². The zero-order chi connectivity index (χ0) is 20.9. The van der Waals surface area contributed by atoms with Gasteiger partial charge in [-0.15, -0.1) is 5.10 Å². The topological polar surface area (TPSA) is 78.3 Å². The Morgan fingerprint density at radius 2 is 1.53 bits per heavy atom. The highest BCUT2D eigenvalue weighted by Crippen LogP contribution is 2.31. The van der Waals surface area contributed by atoms with Gasteiger partial charge in [-0.1, -0.05) is 30.3 Å².